The van der Waals surface area contributed by atoms with E-state index in [1.54, 1.807) is 18.2 Å². The van der Waals surface area contributed by atoms with E-state index in [1.165, 1.54) is 0 Å². The minimum absolute atomic E-state index is 0.462. The maximum atomic E-state index is 6.22. The Labute approximate surface area is 127 Å². The molecule has 0 fully saturated rings. The largest absolute Gasteiger partial charge is 0.232 e. The van der Waals surface area contributed by atoms with Crippen LogP contribution in [0.3, 0.4) is 0 Å². The van der Waals surface area contributed by atoms with Gasteiger partial charge in [0.15, 0.2) is 0 Å². The van der Waals surface area contributed by atoms with E-state index < -0.39 is 0 Å². The minimum Gasteiger partial charge on any atom is -0.232 e. The highest BCUT2D eigenvalue weighted by Crippen LogP contribution is 2.33. The van der Waals surface area contributed by atoms with Crippen LogP contribution in [0.4, 0.5) is 0 Å². The highest BCUT2D eigenvalue weighted by molar-refractivity contribution is 6.35. The second-order valence-corrected chi connectivity index (χ2v) is 5.48. The third kappa shape index (κ3) is 3.19. The maximum Gasteiger partial charge on any atom is 0.136 e. The molecule has 1 aromatic heterocycles. The first-order valence-corrected chi connectivity index (χ1v) is 7.14. The predicted molar refractivity (Wildman–Crippen MR) is 81.2 cm³/mol. The second-order valence-electron chi connectivity index (χ2n) is 4.28. The molecule has 0 spiro atoms. The van der Waals surface area contributed by atoms with E-state index in [9.17, 15) is 0 Å². The lowest BCUT2D eigenvalue weighted by Crippen LogP contribution is -2.01. The molecule has 0 N–H and O–H groups in total. The van der Waals surface area contributed by atoms with Gasteiger partial charge in [-0.25, -0.2) is 9.97 Å². The summed E-state index contributed by atoms with van der Waals surface area (Å²) in [6.07, 6.45) is 1.74. The smallest absolute Gasteiger partial charge is 0.136 e. The van der Waals surface area contributed by atoms with Gasteiger partial charge in [-0.05, 0) is 31.5 Å². The Morgan fingerprint density at radius 2 is 1.84 bits per heavy atom. The van der Waals surface area contributed by atoms with E-state index in [4.69, 9.17) is 34.8 Å². The summed E-state index contributed by atoms with van der Waals surface area (Å²) in [5, 5.41) is 1.68. The first kappa shape index (κ1) is 14.6. The van der Waals surface area contributed by atoms with E-state index in [-0.39, 0.29) is 0 Å². The molecule has 0 amide bonds. The summed E-state index contributed by atoms with van der Waals surface area (Å²) in [6, 6.07) is 5.30. The van der Waals surface area contributed by atoms with Gasteiger partial charge in [-0.15, -0.1) is 0 Å². The number of hydrogen-bond acceptors (Lipinski definition) is 2. The molecule has 2 nitrogen and oxygen atoms in total. The van der Waals surface area contributed by atoms with Crippen LogP contribution >= 0.6 is 34.8 Å². The average Bonchev–Trinajstić information content (AvgIpc) is 2.37. The van der Waals surface area contributed by atoms with Crippen LogP contribution in [0.2, 0.25) is 15.2 Å². The molecule has 0 radical (unpaired) electrons. The molecule has 0 aliphatic heterocycles. The van der Waals surface area contributed by atoms with Gasteiger partial charge in [0, 0.05) is 22.6 Å². The van der Waals surface area contributed by atoms with Crippen LogP contribution in [0.1, 0.15) is 24.7 Å². The summed E-state index contributed by atoms with van der Waals surface area (Å²) in [7, 11) is 0. The lowest BCUT2D eigenvalue weighted by molar-refractivity contribution is 0.833. The van der Waals surface area contributed by atoms with Crippen LogP contribution in [0, 0.1) is 6.92 Å². The summed E-state index contributed by atoms with van der Waals surface area (Å²) in [5.74, 6) is 0.726. The number of aromatic nitrogens is 2. The fraction of sp³-hybridized carbons (Fsp3) is 0.286. The Morgan fingerprint density at radius 1 is 1.11 bits per heavy atom. The Balaban J connectivity index is 2.63. The summed E-state index contributed by atoms with van der Waals surface area (Å²) in [5.41, 5.74) is 2.34. The van der Waals surface area contributed by atoms with Crippen LogP contribution < -0.4 is 0 Å². The van der Waals surface area contributed by atoms with Crippen molar-refractivity contribution in [3.05, 3.63) is 44.8 Å². The Hall–Kier alpha value is -0.830. The molecular formula is C14H13Cl3N2. The standard InChI is InChI=1S/C14H13Cl3N2/c1-3-4-12-18-13(8(2)14(17)19-12)10-7-9(15)5-6-11(10)16/h5-7H,3-4H2,1-2H3. The number of hydrogen-bond donors (Lipinski definition) is 0. The van der Waals surface area contributed by atoms with Crippen molar-refractivity contribution in [2.45, 2.75) is 26.7 Å². The van der Waals surface area contributed by atoms with E-state index in [1.807, 2.05) is 6.92 Å². The van der Waals surface area contributed by atoms with Crippen molar-refractivity contribution in [1.29, 1.82) is 0 Å². The maximum absolute atomic E-state index is 6.22. The van der Waals surface area contributed by atoms with Crippen molar-refractivity contribution in [2.24, 2.45) is 0 Å². The zero-order chi connectivity index (χ0) is 14.0. The fourth-order valence-electron chi connectivity index (χ4n) is 1.81. The first-order chi connectivity index (χ1) is 9.02. The lowest BCUT2D eigenvalue weighted by atomic mass is 10.1. The van der Waals surface area contributed by atoms with Gasteiger partial charge in [0.25, 0.3) is 0 Å². The molecule has 19 heavy (non-hydrogen) atoms. The normalized spacial score (nSPS) is 10.8. The number of halogens is 3. The lowest BCUT2D eigenvalue weighted by Gasteiger charge is -2.11. The summed E-state index contributed by atoms with van der Waals surface area (Å²) in [4.78, 5) is 8.84. The number of aryl methyl sites for hydroxylation is 1. The van der Waals surface area contributed by atoms with Gasteiger partial charge in [0.1, 0.15) is 11.0 Å². The van der Waals surface area contributed by atoms with Crippen molar-refractivity contribution < 1.29 is 0 Å². The second kappa shape index (κ2) is 6.08. The van der Waals surface area contributed by atoms with Gasteiger partial charge < -0.3 is 0 Å². The predicted octanol–water partition coefficient (Wildman–Crippen LogP) is 5.36. The highest BCUT2D eigenvalue weighted by Gasteiger charge is 2.14. The van der Waals surface area contributed by atoms with Crippen LogP contribution in [0.25, 0.3) is 11.3 Å². The molecule has 0 atom stereocenters. The van der Waals surface area contributed by atoms with Gasteiger partial charge >= 0.3 is 0 Å². The first-order valence-electron chi connectivity index (χ1n) is 6.01. The van der Waals surface area contributed by atoms with Crippen LogP contribution in [-0.2, 0) is 6.42 Å². The van der Waals surface area contributed by atoms with Gasteiger partial charge in [0.05, 0.1) is 10.7 Å². The molecule has 2 rings (SSSR count). The van der Waals surface area contributed by atoms with Crippen molar-refractivity contribution in [3.63, 3.8) is 0 Å². The minimum atomic E-state index is 0.462. The third-order valence-electron chi connectivity index (χ3n) is 2.79. The fourth-order valence-corrected chi connectivity index (χ4v) is 2.38. The Morgan fingerprint density at radius 3 is 2.53 bits per heavy atom. The van der Waals surface area contributed by atoms with Crippen LogP contribution in [-0.4, -0.2) is 9.97 Å². The molecule has 0 aliphatic carbocycles. The molecule has 1 heterocycles. The van der Waals surface area contributed by atoms with Gasteiger partial charge in [-0.1, -0.05) is 41.7 Å². The molecule has 5 heteroatoms. The van der Waals surface area contributed by atoms with Gasteiger partial charge in [0.2, 0.25) is 0 Å². The summed E-state index contributed by atoms with van der Waals surface area (Å²) < 4.78 is 0. The summed E-state index contributed by atoms with van der Waals surface area (Å²) in [6.45, 7) is 3.95. The molecule has 0 unspecified atom stereocenters. The molecule has 0 aliphatic rings. The number of benzene rings is 1. The molecular weight excluding hydrogens is 303 g/mol. The van der Waals surface area contributed by atoms with E-state index in [0.717, 1.165) is 35.5 Å². The van der Waals surface area contributed by atoms with E-state index in [0.29, 0.717) is 15.2 Å². The van der Waals surface area contributed by atoms with Crippen molar-refractivity contribution in [1.82, 2.24) is 9.97 Å². The molecule has 1 aromatic carbocycles. The van der Waals surface area contributed by atoms with Crippen LogP contribution in [0.15, 0.2) is 18.2 Å². The average molecular weight is 316 g/mol. The zero-order valence-electron chi connectivity index (χ0n) is 10.7. The Bertz CT molecular complexity index is 612. The topological polar surface area (TPSA) is 25.8 Å². The van der Waals surface area contributed by atoms with E-state index >= 15 is 0 Å². The molecule has 0 saturated carbocycles. The van der Waals surface area contributed by atoms with E-state index in [2.05, 4.69) is 16.9 Å². The third-order valence-corrected chi connectivity index (χ3v) is 3.72. The molecule has 0 bridgehead atoms. The SMILES string of the molecule is CCCc1nc(Cl)c(C)c(-c2cc(Cl)ccc2Cl)n1. The monoisotopic (exact) mass is 314 g/mol. The molecule has 2 aromatic rings. The quantitative estimate of drug-likeness (QED) is 0.712. The Kier molecular flexibility index (Phi) is 4.67. The van der Waals surface area contributed by atoms with Crippen molar-refractivity contribution in [3.8, 4) is 11.3 Å². The van der Waals surface area contributed by atoms with Gasteiger partial charge in [-0.3, -0.25) is 0 Å². The summed E-state index contributed by atoms with van der Waals surface area (Å²) >= 11 is 18.4. The van der Waals surface area contributed by atoms with Crippen LogP contribution in [0.5, 0.6) is 0 Å². The molecule has 0 saturated heterocycles. The molecule has 100 valence electrons. The highest BCUT2D eigenvalue weighted by atomic mass is 35.5. The number of rotatable bonds is 3. The van der Waals surface area contributed by atoms with Crippen molar-refractivity contribution >= 4 is 34.8 Å². The number of nitrogens with zero attached hydrogens (tertiary/aromatic N) is 2. The zero-order valence-corrected chi connectivity index (χ0v) is 12.9. The van der Waals surface area contributed by atoms with Gasteiger partial charge in [-0.2, -0.15) is 0 Å². The van der Waals surface area contributed by atoms with Crippen molar-refractivity contribution in [2.75, 3.05) is 0 Å².